The molecule has 0 radical (unpaired) electrons. The number of halogens is 1. The monoisotopic (exact) mass is 242 g/mol. The molecule has 1 aliphatic heterocycles. The van der Waals surface area contributed by atoms with E-state index in [1.165, 1.54) is 13.8 Å². The van der Waals surface area contributed by atoms with Crippen molar-refractivity contribution in [3.8, 4) is 0 Å². The van der Waals surface area contributed by atoms with Crippen LogP contribution >= 0.6 is 0 Å². The van der Waals surface area contributed by atoms with Crippen LogP contribution in [-0.2, 0) is 5.67 Å². The van der Waals surface area contributed by atoms with Crippen molar-refractivity contribution in [3.63, 3.8) is 0 Å². The Hall–Kier alpha value is -1.17. The highest BCUT2D eigenvalue weighted by atomic mass is 19.1. The molecule has 0 saturated carbocycles. The van der Waals surface area contributed by atoms with Crippen LogP contribution in [0.2, 0.25) is 0 Å². The van der Waals surface area contributed by atoms with Gasteiger partial charge >= 0.3 is 6.01 Å². The van der Waals surface area contributed by atoms with Crippen LogP contribution in [0.15, 0.2) is 4.52 Å². The molecular weight excluding hydrogens is 223 g/mol. The SMILES string of the molecule is CNC1CCN(c2nc(C(C)(C)F)no2)CC1. The molecule has 0 bridgehead atoms. The second kappa shape index (κ2) is 4.60. The predicted molar refractivity (Wildman–Crippen MR) is 62.7 cm³/mol. The smallest absolute Gasteiger partial charge is 0.324 e. The maximum Gasteiger partial charge on any atom is 0.324 e. The molecule has 1 aromatic rings. The topological polar surface area (TPSA) is 54.2 Å². The summed E-state index contributed by atoms with van der Waals surface area (Å²) < 4.78 is 18.7. The number of hydrogen-bond donors (Lipinski definition) is 1. The first-order valence-corrected chi connectivity index (χ1v) is 5.96. The van der Waals surface area contributed by atoms with E-state index in [1.807, 2.05) is 11.9 Å². The molecular formula is C11H19FN4O. The minimum atomic E-state index is -1.55. The van der Waals surface area contributed by atoms with E-state index in [9.17, 15) is 4.39 Å². The fourth-order valence-corrected chi connectivity index (χ4v) is 1.94. The lowest BCUT2D eigenvalue weighted by molar-refractivity contribution is 0.199. The number of aromatic nitrogens is 2. The minimum absolute atomic E-state index is 0.114. The highest BCUT2D eigenvalue weighted by Gasteiger charge is 2.28. The highest BCUT2D eigenvalue weighted by molar-refractivity contribution is 5.26. The van der Waals surface area contributed by atoms with E-state index in [0.29, 0.717) is 12.1 Å². The number of nitrogens with zero attached hydrogens (tertiary/aromatic N) is 3. The highest BCUT2D eigenvalue weighted by Crippen LogP contribution is 2.25. The van der Waals surface area contributed by atoms with Crippen molar-refractivity contribution in [2.24, 2.45) is 0 Å². The van der Waals surface area contributed by atoms with Crippen LogP contribution in [0.25, 0.3) is 0 Å². The van der Waals surface area contributed by atoms with Crippen LogP contribution in [0, 0.1) is 0 Å². The van der Waals surface area contributed by atoms with Gasteiger partial charge in [-0.3, -0.25) is 0 Å². The van der Waals surface area contributed by atoms with E-state index in [0.717, 1.165) is 25.9 Å². The van der Waals surface area contributed by atoms with E-state index in [1.54, 1.807) is 0 Å². The van der Waals surface area contributed by atoms with Crippen molar-refractivity contribution < 1.29 is 8.91 Å². The second-order valence-electron chi connectivity index (χ2n) is 4.92. The molecule has 0 amide bonds. The summed E-state index contributed by atoms with van der Waals surface area (Å²) in [4.78, 5) is 6.12. The van der Waals surface area contributed by atoms with Gasteiger partial charge in [-0.25, -0.2) is 4.39 Å². The van der Waals surface area contributed by atoms with Gasteiger partial charge in [-0.1, -0.05) is 5.16 Å². The lowest BCUT2D eigenvalue weighted by Crippen LogP contribution is -2.41. The number of piperidine rings is 1. The van der Waals surface area contributed by atoms with Crippen molar-refractivity contribution in [2.45, 2.75) is 38.4 Å². The molecule has 6 heteroatoms. The Morgan fingerprint density at radius 3 is 2.53 bits per heavy atom. The Bertz CT molecular complexity index is 366. The number of hydrogen-bond acceptors (Lipinski definition) is 5. The third-order valence-electron chi connectivity index (χ3n) is 3.12. The third-order valence-corrected chi connectivity index (χ3v) is 3.12. The molecule has 0 unspecified atom stereocenters. The number of anilines is 1. The Morgan fingerprint density at radius 1 is 1.41 bits per heavy atom. The van der Waals surface area contributed by atoms with Crippen LogP contribution < -0.4 is 10.2 Å². The molecule has 0 spiro atoms. The number of rotatable bonds is 3. The first-order valence-electron chi connectivity index (χ1n) is 5.96. The van der Waals surface area contributed by atoms with Crippen molar-refractivity contribution in [2.75, 3.05) is 25.0 Å². The Balaban J connectivity index is 2.02. The van der Waals surface area contributed by atoms with Crippen LogP contribution in [-0.4, -0.2) is 36.3 Å². The molecule has 1 N–H and O–H groups in total. The third kappa shape index (κ3) is 2.74. The molecule has 5 nitrogen and oxygen atoms in total. The van der Waals surface area contributed by atoms with Crippen LogP contribution in [0.5, 0.6) is 0 Å². The minimum Gasteiger partial charge on any atom is -0.324 e. The van der Waals surface area contributed by atoms with Gasteiger partial charge in [0.1, 0.15) is 0 Å². The molecule has 96 valence electrons. The van der Waals surface area contributed by atoms with Gasteiger partial charge in [0.15, 0.2) is 5.67 Å². The van der Waals surface area contributed by atoms with E-state index in [2.05, 4.69) is 15.5 Å². The zero-order valence-corrected chi connectivity index (χ0v) is 10.5. The van der Waals surface area contributed by atoms with Gasteiger partial charge in [0.25, 0.3) is 0 Å². The zero-order valence-electron chi connectivity index (χ0n) is 10.5. The molecule has 2 rings (SSSR count). The van der Waals surface area contributed by atoms with Gasteiger partial charge in [-0.15, -0.1) is 0 Å². The first kappa shape index (κ1) is 12.3. The second-order valence-corrected chi connectivity index (χ2v) is 4.92. The van der Waals surface area contributed by atoms with Crippen molar-refractivity contribution in [1.82, 2.24) is 15.5 Å². The van der Waals surface area contributed by atoms with Crippen molar-refractivity contribution in [1.29, 1.82) is 0 Å². The summed E-state index contributed by atoms with van der Waals surface area (Å²) in [5.41, 5.74) is -1.55. The fourth-order valence-electron chi connectivity index (χ4n) is 1.94. The van der Waals surface area contributed by atoms with Gasteiger partial charge in [0.05, 0.1) is 0 Å². The summed E-state index contributed by atoms with van der Waals surface area (Å²) in [6, 6.07) is 0.978. The molecule has 0 atom stereocenters. The molecule has 1 saturated heterocycles. The van der Waals surface area contributed by atoms with Gasteiger partial charge in [-0.05, 0) is 33.7 Å². The molecule has 0 aliphatic carbocycles. The summed E-state index contributed by atoms with van der Waals surface area (Å²) in [6.07, 6.45) is 2.07. The average Bonchev–Trinajstić information content (AvgIpc) is 2.78. The lowest BCUT2D eigenvalue weighted by atomic mass is 10.1. The Morgan fingerprint density at radius 2 is 2.06 bits per heavy atom. The largest absolute Gasteiger partial charge is 0.324 e. The normalized spacial score (nSPS) is 18.7. The molecule has 1 aromatic heterocycles. The van der Waals surface area contributed by atoms with Gasteiger partial charge in [-0.2, -0.15) is 4.98 Å². The summed E-state index contributed by atoms with van der Waals surface area (Å²) in [5.74, 6) is 0.114. The van der Waals surface area contributed by atoms with Crippen LogP contribution in [0.4, 0.5) is 10.4 Å². The predicted octanol–water partition coefficient (Wildman–Crippen LogP) is 1.46. The Kier molecular flexibility index (Phi) is 3.33. The Labute approximate surface area is 100 Å². The maximum absolute atomic E-state index is 13.6. The number of alkyl halides is 1. The lowest BCUT2D eigenvalue weighted by Gasteiger charge is -2.30. The molecule has 1 fully saturated rings. The van der Waals surface area contributed by atoms with Crippen molar-refractivity contribution in [3.05, 3.63) is 5.82 Å². The maximum atomic E-state index is 13.6. The van der Waals surface area contributed by atoms with Crippen LogP contribution in [0.1, 0.15) is 32.5 Å². The van der Waals surface area contributed by atoms with E-state index < -0.39 is 5.67 Å². The van der Waals surface area contributed by atoms with E-state index in [4.69, 9.17) is 4.52 Å². The summed E-state index contributed by atoms with van der Waals surface area (Å²) >= 11 is 0. The van der Waals surface area contributed by atoms with Crippen molar-refractivity contribution >= 4 is 6.01 Å². The molecule has 0 aromatic carbocycles. The summed E-state index contributed by atoms with van der Waals surface area (Å²) in [7, 11) is 1.97. The average molecular weight is 242 g/mol. The van der Waals surface area contributed by atoms with Gasteiger partial charge in [0, 0.05) is 19.1 Å². The van der Waals surface area contributed by atoms with E-state index >= 15 is 0 Å². The fraction of sp³-hybridized carbons (Fsp3) is 0.818. The number of nitrogens with one attached hydrogen (secondary N) is 1. The molecule has 17 heavy (non-hydrogen) atoms. The molecule has 2 heterocycles. The van der Waals surface area contributed by atoms with Crippen LogP contribution in [0.3, 0.4) is 0 Å². The summed E-state index contributed by atoms with van der Waals surface area (Å²) in [5, 5.41) is 6.94. The first-order chi connectivity index (χ1) is 8.00. The standard InChI is InChI=1S/C11H19FN4O/c1-11(2,12)9-14-10(17-15-9)16-6-4-8(13-3)5-7-16/h8,13H,4-7H2,1-3H3. The quantitative estimate of drug-likeness (QED) is 0.869. The van der Waals surface area contributed by atoms with Gasteiger partial charge in [0.2, 0.25) is 5.82 Å². The van der Waals surface area contributed by atoms with E-state index in [-0.39, 0.29) is 5.82 Å². The molecule has 1 aliphatic rings. The zero-order chi connectivity index (χ0) is 12.5. The van der Waals surface area contributed by atoms with Gasteiger partial charge < -0.3 is 14.7 Å². The summed E-state index contributed by atoms with van der Waals surface area (Å²) in [6.45, 7) is 4.57.